The number of hydrogen-bond acceptors (Lipinski definition) is 2. The fourth-order valence-electron chi connectivity index (χ4n) is 1.94. The highest BCUT2D eigenvalue weighted by Gasteiger charge is 2.08. The second-order valence-corrected chi connectivity index (χ2v) is 5.84. The molecule has 0 bridgehead atoms. The SMILES string of the molecule is CC(C)CCNC(=O)c1cncc(-c2ccc(Cl)cc2)c1. The summed E-state index contributed by atoms with van der Waals surface area (Å²) in [7, 11) is 0. The van der Waals surface area contributed by atoms with Crippen LogP contribution in [0, 0.1) is 5.92 Å². The molecular formula is C17H19ClN2O. The number of halogens is 1. The van der Waals surface area contributed by atoms with Crippen LogP contribution in [0.25, 0.3) is 11.1 Å². The van der Waals surface area contributed by atoms with Crippen LogP contribution in [0.15, 0.2) is 42.7 Å². The van der Waals surface area contributed by atoms with Gasteiger partial charge in [0.1, 0.15) is 0 Å². The highest BCUT2D eigenvalue weighted by molar-refractivity contribution is 6.30. The molecule has 21 heavy (non-hydrogen) atoms. The molecule has 0 atom stereocenters. The fourth-order valence-corrected chi connectivity index (χ4v) is 2.07. The Bertz CT molecular complexity index is 608. The first-order chi connectivity index (χ1) is 10.1. The van der Waals surface area contributed by atoms with Gasteiger partial charge in [0.05, 0.1) is 5.56 Å². The van der Waals surface area contributed by atoms with Gasteiger partial charge in [-0.3, -0.25) is 9.78 Å². The molecule has 4 heteroatoms. The Morgan fingerprint density at radius 2 is 1.90 bits per heavy atom. The highest BCUT2D eigenvalue weighted by atomic mass is 35.5. The minimum Gasteiger partial charge on any atom is -0.352 e. The molecule has 0 radical (unpaired) electrons. The number of hydrogen-bond donors (Lipinski definition) is 1. The van der Waals surface area contributed by atoms with Crippen LogP contribution >= 0.6 is 11.6 Å². The van der Waals surface area contributed by atoms with E-state index in [9.17, 15) is 4.79 Å². The molecule has 1 heterocycles. The van der Waals surface area contributed by atoms with Gasteiger partial charge in [-0.25, -0.2) is 0 Å². The normalized spacial score (nSPS) is 10.7. The number of rotatable bonds is 5. The Kier molecular flexibility index (Phi) is 5.34. The Morgan fingerprint density at radius 3 is 2.57 bits per heavy atom. The zero-order chi connectivity index (χ0) is 15.2. The number of nitrogens with one attached hydrogen (secondary N) is 1. The summed E-state index contributed by atoms with van der Waals surface area (Å²) in [5.41, 5.74) is 2.47. The van der Waals surface area contributed by atoms with Crippen molar-refractivity contribution in [3.63, 3.8) is 0 Å². The van der Waals surface area contributed by atoms with Crippen LogP contribution in [0.3, 0.4) is 0 Å². The summed E-state index contributed by atoms with van der Waals surface area (Å²) in [6.45, 7) is 4.95. The van der Waals surface area contributed by atoms with Crippen molar-refractivity contribution in [3.8, 4) is 11.1 Å². The van der Waals surface area contributed by atoms with Crippen molar-refractivity contribution in [1.82, 2.24) is 10.3 Å². The van der Waals surface area contributed by atoms with E-state index in [1.54, 1.807) is 12.4 Å². The smallest absolute Gasteiger partial charge is 0.252 e. The second-order valence-electron chi connectivity index (χ2n) is 5.41. The molecule has 1 aromatic heterocycles. The average Bonchev–Trinajstić information content (AvgIpc) is 2.47. The van der Waals surface area contributed by atoms with Gasteiger partial charge in [-0.15, -0.1) is 0 Å². The van der Waals surface area contributed by atoms with Gasteiger partial charge in [0, 0.05) is 29.5 Å². The largest absolute Gasteiger partial charge is 0.352 e. The molecule has 0 saturated heterocycles. The minimum atomic E-state index is -0.0843. The Balaban J connectivity index is 2.10. The summed E-state index contributed by atoms with van der Waals surface area (Å²) < 4.78 is 0. The van der Waals surface area contributed by atoms with Gasteiger partial charge in [0.25, 0.3) is 5.91 Å². The van der Waals surface area contributed by atoms with Crippen molar-refractivity contribution in [2.75, 3.05) is 6.54 Å². The van der Waals surface area contributed by atoms with Crippen molar-refractivity contribution < 1.29 is 4.79 Å². The summed E-state index contributed by atoms with van der Waals surface area (Å²) in [5, 5.41) is 3.61. The van der Waals surface area contributed by atoms with Crippen LogP contribution in [0.4, 0.5) is 0 Å². The zero-order valence-electron chi connectivity index (χ0n) is 12.3. The first-order valence-electron chi connectivity index (χ1n) is 7.05. The summed E-state index contributed by atoms with van der Waals surface area (Å²) in [5.74, 6) is 0.489. The van der Waals surface area contributed by atoms with E-state index in [0.717, 1.165) is 17.5 Å². The number of amides is 1. The summed E-state index contributed by atoms with van der Waals surface area (Å²) in [4.78, 5) is 16.2. The molecule has 2 rings (SSSR count). The van der Waals surface area contributed by atoms with Gasteiger partial charge >= 0.3 is 0 Å². The zero-order valence-corrected chi connectivity index (χ0v) is 13.0. The van der Waals surface area contributed by atoms with E-state index in [-0.39, 0.29) is 5.91 Å². The first kappa shape index (κ1) is 15.5. The number of carbonyl (C=O) groups excluding carboxylic acids is 1. The molecule has 1 aromatic carbocycles. The van der Waals surface area contributed by atoms with E-state index in [1.165, 1.54) is 0 Å². The predicted molar refractivity (Wildman–Crippen MR) is 86.5 cm³/mol. The summed E-state index contributed by atoms with van der Waals surface area (Å²) in [6, 6.07) is 9.33. The highest BCUT2D eigenvalue weighted by Crippen LogP contribution is 2.21. The molecule has 0 aliphatic heterocycles. The Labute approximate surface area is 130 Å². The molecule has 0 fully saturated rings. The van der Waals surface area contributed by atoms with E-state index in [1.807, 2.05) is 30.3 Å². The monoisotopic (exact) mass is 302 g/mol. The lowest BCUT2D eigenvalue weighted by atomic mass is 10.1. The fraction of sp³-hybridized carbons (Fsp3) is 0.294. The first-order valence-corrected chi connectivity index (χ1v) is 7.43. The third-order valence-corrected chi connectivity index (χ3v) is 3.44. The molecule has 1 amide bonds. The van der Waals surface area contributed by atoms with Crippen molar-refractivity contribution in [3.05, 3.63) is 53.3 Å². The standard InChI is InChI=1S/C17H19ClN2O/c1-12(2)7-8-20-17(21)15-9-14(10-19-11-15)13-3-5-16(18)6-4-13/h3-6,9-12H,7-8H2,1-2H3,(H,20,21). The van der Waals surface area contributed by atoms with Crippen LogP contribution in [-0.4, -0.2) is 17.4 Å². The molecular weight excluding hydrogens is 284 g/mol. The van der Waals surface area contributed by atoms with Crippen LogP contribution in [0.1, 0.15) is 30.6 Å². The van der Waals surface area contributed by atoms with Crippen LogP contribution in [-0.2, 0) is 0 Å². The maximum atomic E-state index is 12.1. The third-order valence-electron chi connectivity index (χ3n) is 3.19. The molecule has 3 nitrogen and oxygen atoms in total. The van der Waals surface area contributed by atoms with E-state index in [4.69, 9.17) is 11.6 Å². The maximum Gasteiger partial charge on any atom is 0.252 e. The molecule has 110 valence electrons. The number of pyridine rings is 1. The van der Waals surface area contributed by atoms with Gasteiger partial charge in [0.15, 0.2) is 0 Å². The van der Waals surface area contributed by atoms with Gasteiger partial charge < -0.3 is 5.32 Å². The van der Waals surface area contributed by atoms with Crippen molar-refractivity contribution in [1.29, 1.82) is 0 Å². The summed E-state index contributed by atoms with van der Waals surface area (Å²) >= 11 is 5.88. The Morgan fingerprint density at radius 1 is 1.19 bits per heavy atom. The quantitative estimate of drug-likeness (QED) is 0.900. The van der Waals surface area contributed by atoms with E-state index < -0.39 is 0 Å². The van der Waals surface area contributed by atoms with Crippen molar-refractivity contribution >= 4 is 17.5 Å². The van der Waals surface area contributed by atoms with E-state index >= 15 is 0 Å². The number of nitrogens with zero attached hydrogens (tertiary/aromatic N) is 1. The minimum absolute atomic E-state index is 0.0843. The predicted octanol–water partition coefficient (Wildman–Crippen LogP) is 4.18. The lowest BCUT2D eigenvalue weighted by Crippen LogP contribution is -2.25. The van der Waals surface area contributed by atoms with Gasteiger partial charge in [0.2, 0.25) is 0 Å². The van der Waals surface area contributed by atoms with Gasteiger partial charge in [-0.05, 0) is 36.1 Å². The van der Waals surface area contributed by atoms with Crippen LogP contribution < -0.4 is 5.32 Å². The lowest BCUT2D eigenvalue weighted by molar-refractivity contribution is 0.0951. The van der Waals surface area contributed by atoms with E-state index in [0.29, 0.717) is 23.0 Å². The topological polar surface area (TPSA) is 42.0 Å². The van der Waals surface area contributed by atoms with Crippen LogP contribution in [0.5, 0.6) is 0 Å². The number of aromatic nitrogens is 1. The molecule has 0 saturated carbocycles. The number of benzene rings is 1. The molecule has 0 aliphatic carbocycles. The maximum absolute atomic E-state index is 12.1. The molecule has 0 spiro atoms. The van der Waals surface area contributed by atoms with Crippen LogP contribution in [0.2, 0.25) is 5.02 Å². The van der Waals surface area contributed by atoms with Crippen molar-refractivity contribution in [2.45, 2.75) is 20.3 Å². The van der Waals surface area contributed by atoms with Gasteiger partial charge in [-0.1, -0.05) is 37.6 Å². The van der Waals surface area contributed by atoms with E-state index in [2.05, 4.69) is 24.1 Å². The second kappa shape index (κ2) is 7.23. The van der Waals surface area contributed by atoms with Crippen molar-refractivity contribution in [2.24, 2.45) is 5.92 Å². The van der Waals surface area contributed by atoms with Gasteiger partial charge in [-0.2, -0.15) is 0 Å². The molecule has 0 unspecified atom stereocenters. The third kappa shape index (κ3) is 4.57. The molecule has 0 aliphatic rings. The average molecular weight is 303 g/mol. The summed E-state index contributed by atoms with van der Waals surface area (Å²) in [6.07, 6.45) is 4.30. The number of carbonyl (C=O) groups is 1. The lowest BCUT2D eigenvalue weighted by Gasteiger charge is -2.08. The molecule has 1 N–H and O–H groups in total. The molecule has 2 aromatic rings. The Hall–Kier alpha value is -1.87.